The van der Waals surface area contributed by atoms with E-state index in [0.717, 1.165) is 5.56 Å². The minimum atomic E-state index is -1.83. The number of carbonyl (C=O) groups is 3. The summed E-state index contributed by atoms with van der Waals surface area (Å²) in [6.45, 7) is 12.2. The number of amides is 2. The van der Waals surface area contributed by atoms with Crippen molar-refractivity contribution in [3.8, 4) is 11.5 Å². The number of ether oxygens (including phenoxy) is 1. The molecule has 1 rings (SSSR count). The minimum absolute atomic E-state index is 0.0934. The van der Waals surface area contributed by atoms with Crippen LogP contribution in [-0.2, 0) is 25.5 Å². The molecule has 0 unspecified atom stereocenters. The molecule has 0 saturated heterocycles. The average molecular weight is 431 g/mol. The molecular formula is C23H34N2O4Si. The Hall–Kier alpha value is -2.59. The van der Waals surface area contributed by atoms with Gasteiger partial charge in [0, 0.05) is 19.8 Å². The number of carbonyl (C=O) groups excluding carboxylic acids is 3. The highest BCUT2D eigenvalue weighted by Gasteiger charge is 2.34. The zero-order valence-electron chi connectivity index (χ0n) is 19.1. The van der Waals surface area contributed by atoms with Gasteiger partial charge in [-0.15, -0.1) is 11.5 Å². The third kappa shape index (κ3) is 8.03. The number of hydrogen-bond donors (Lipinski definition) is 2. The molecule has 2 atom stereocenters. The lowest BCUT2D eigenvalue weighted by Crippen LogP contribution is -2.52. The predicted octanol–water partition coefficient (Wildman–Crippen LogP) is 2.83. The van der Waals surface area contributed by atoms with Gasteiger partial charge in [0.1, 0.15) is 20.2 Å². The highest BCUT2D eigenvalue weighted by molar-refractivity contribution is 6.87. The first-order valence-corrected chi connectivity index (χ1v) is 13.1. The van der Waals surface area contributed by atoms with Gasteiger partial charge in [0.25, 0.3) is 0 Å². The fraction of sp³-hybridized carbons (Fsp3) is 0.522. The second kappa shape index (κ2) is 11.0. The minimum Gasteiger partial charge on any atom is -0.467 e. The van der Waals surface area contributed by atoms with Crippen molar-refractivity contribution in [3.63, 3.8) is 0 Å². The van der Waals surface area contributed by atoms with E-state index in [0.29, 0.717) is 6.42 Å². The number of hydrogen-bond acceptors (Lipinski definition) is 4. The molecule has 1 aromatic rings. The normalized spacial score (nSPS) is 13.3. The van der Waals surface area contributed by atoms with Gasteiger partial charge in [0.2, 0.25) is 11.8 Å². The Morgan fingerprint density at radius 3 is 2.17 bits per heavy atom. The van der Waals surface area contributed by atoms with Crippen LogP contribution < -0.4 is 10.6 Å². The van der Waals surface area contributed by atoms with E-state index in [1.54, 1.807) is 0 Å². The molecule has 6 nitrogen and oxygen atoms in total. The van der Waals surface area contributed by atoms with E-state index in [9.17, 15) is 14.4 Å². The fourth-order valence-electron chi connectivity index (χ4n) is 2.47. The van der Waals surface area contributed by atoms with Crippen molar-refractivity contribution in [1.29, 1.82) is 0 Å². The second-order valence-corrected chi connectivity index (χ2v) is 13.9. The number of nitrogens with one attached hydrogen (secondary N) is 2. The Morgan fingerprint density at radius 1 is 1.07 bits per heavy atom. The van der Waals surface area contributed by atoms with Crippen LogP contribution in [0.3, 0.4) is 0 Å². The topological polar surface area (TPSA) is 84.5 Å². The van der Waals surface area contributed by atoms with Crippen LogP contribution in [0.5, 0.6) is 0 Å². The van der Waals surface area contributed by atoms with Gasteiger partial charge in [-0.3, -0.25) is 9.59 Å². The molecular weight excluding hydrogens is 396 g/mol. The van der Waals surface area contributed by atoms with Gasteiger partial charge in [0.05, 0.1) is 7.11 Å². The molecule has 0 bridgehead atoms. The molecule has 0 aromatic heterocycles. The summed E-state index contributed by atoms with van der Waals surface area (Å²) in [5.41, 5.74) is 4.24. The highest BCUT2D eigenvalue weighted by atomic mass is 28.3. The van der Waals surface area contributed by atoms with Crippen LogP contribution in [-0.4, -0.2) is 45.1 Å². The van der Waals surface area contributed by atoms with Crippen LogP contribution in [0.15, 0.2) is 30.3 Å². The molecule has 0 aliphatic heterocycles. The van der Waals surface area contributed by atoms with Crippen molar-refractivity contribution in [3.05, 3.63) is 35.9 Å². The van der Waals surface area contributed by atoms with E-state index in [1.165, 1.54) is 14.0 Å². The first-order chi connectivity index (χ1) is 13.9. The first kappa shape index (κ1) is 25.4. The summed E-state index contributed by atoms with van der Waals surface area (Å²) in [7, 11) is -0.558. The molecule has 2 N–H and O–H groups in total. The smallest absolute Gasteiger partial charge is 0.329 e. The third-order valence-electron chi connectivity index (χ3n) is 5.36. The van der Waals surface area contributed by atoms with Crippen LogP contribution in [0.1, 0.15) is 39.7 Å². The monoisotopic (exact) mass is 430 g/mol. The number of benzene rings is 1. The van der Waals surface area contributed by atoms with Gasteiger partial charge in [-0.1, -0.05) is 64.2 Å². The van der Waals surface area contributed by atoms with E-state index in [2.05, 4.69) is 56.0 Å². The molecule has 0 aliphatic carbocycles. The Balaban J connectivity index is 2.97. The van der Waals surface area contributed by atoms with Crippen molar-refractivity contribution < 1.29 is 19.1 Å². The molecule has 0 spiro atoms. The summed E-state index contributed by atoms with van der Waals surface area (Å²) >= 11 is 0. The maximum Gasteiger partial charge on any atom is 0.329 e. The lowest BCUT2D eigenvalue weighted by Gasteiger charge is -2.31. The van der Waals surface area contributed by atoms with Gasteiger partial charge < -0.3 is 15.4 Å². The SMILES string of the molecule is COC(=O)[C@H](CC#C[Si](C)(C)C(C)(C)C)NC(=O)[C@H](Cc1ccccc1)NC(C)=O. The molecule has 0 aliphatic rings. The molecule has 1 aromatic carbocycles. The highest BCUT2D eigenvalue weighted by Crippen LogP contribution is 2.35. The molecule has 7 heteroatoms. The van der Waals surface area contributed by atoms with Crippen molar-refractivity contribution in [1.82, 2.24) is 10.6 Å². The summed E-state index contributed by atoms with van der Waals surface area (Å²) < 4.78 is 4.84. The van der Waals surface area contributed by atoms with Gasteiger partial charge in [-0.25, -0.2) is 4.79 Å². The largest absolute Gasteiger partial charge is 0.467 e. The van der Waals surface area contributed by atoms with Crippen molar-refractivity contribution in [2.24, 2.45) is 0 Å². The predicted molar refractivity (Wildman–Crippen MR) is 121 cm³/mol. The zero-order valence-corrected chi connectivity index (χ0v) is 20.1. The Bertz CT molecular complexity index is 804. The molecule has 0 heterocycles. The van der Waals surface area contributed by atoms with Gasteiger partial charge in [0.15, 0.2) is 0 Å². The van der Waals surface area contributed by atoms with Crippen LogP contribution >= 0.6 is 0 Å². The average Bonchev–Trinajstić information content (AvgIpc) is 2.65. The van der Waals surface area contributed by atoms with Crippen LogP contribution in [0, 0.1) is 11.5 Å². The van der Waals surface area contributed by atoms with Crippen molar-refractivity contribution in [2.45, 2.75) is 70.8 Å². The zero-order chi connectivity index (χ0) is 22.9. The summed E-state index contributed by atoms with van der Waals surface area (Å²) in [4.78, 5) is 36.7. The second-order valence-electron chi connectivity index (χ2n) is 8.91. The van der Waals surface area contributed by atoms with E-state index >= 15 is 0 Å². The molecule has 0 fully saturated rings. The first-order valence-electron chi connectivity index (χ1n) is 10.1. The van der Waals surface area contributed by atoms with Crippen LogP contribution in [0.4, 0.5) is 0 Å². The summed E-state index contributed by atoms with van der Waals surface area (Å²) in [5, 5.41) is 5.46. The molecule has 30 heavy (non-hydrogen) atoms. The van der Waals surface area contributed by atoms with Gasteiger partial charge in [-0.05, 0) is 10.6 Å². The van der Waals surface area contributed by atoms with E-state index in [4.69, 9.17) is 4.74 Å². The number of esters is 1. The Kier molecular flexibility index (Phi) is 9.31. The van der Waals surface area contributed by atoms with Crippen LogP contribution in [0.25, 0.3) is 0 Å². The molecule has 0 saturated carbocycles. The molecule has 2 amide bonds. The maximum atomic E-state index is 12.9. The van der Waals surface area contributed by atoms with E-state index < -0.39 is 32.0 Å². The lowest BCUT2D eigenvalue weighted by atomic mass is 10.0. The molecule has 164 valence electrons. The number of rotatable bonds is 7. The van der Waals surface area contributed by atoms with Gasteiger partial charge in [-0.2, -0.15) is 0 Å². The number of methoxy groups -OCH3 is 1. The third-order valence-corrected chi connectivity index (χ3v) is 9.91. The van der Waals surface area contributed by atoms with Crippen LogP contribution in [0.2, 0.25) is 18.1 Å². The fourth-order valence-corrected chi connectivity index (χ4v) is 3.39. The van der Waals surface area contributed by atoms with E-state index in [1.807, 2.05) is 30.3 Å². The summed E-state index contributed by atoms with van der Waals surface area (Å²) in [6.07, 6.45) is 0.471. The Labute approximate surface area is 181 Å². The van der Waals surface area contributed by atoms with Gasteiger partial charge >= 0.3 is 5.97 Å². The standard InChI is InChI=1S/C23H34N2O4Si/c1-17(26)24-20(16-18-12-9-8-10-13-18)21(27)25-19(22(28)29-5)14-11-15-30(6,7)23(2,3)4/h8-10,12-13,19-20H,14,16H2,1-7H3,(H,24,26)(H,25,27)/t19-,20-/m0/s1. The quantitative estimate of drug-likeness (QED) is 0.396. The summed E-state index contributed by atoms with van der Waals surface area (Å²) in [6, 6.07) is 7.68. The van der Waals surface area contributed by atoms with Crippen molar-refractivity contribution >= 4 is 25.9 Å². The maximum absolute atomic E-state index is 12.9. The summed E-state index contributed by atoms with van der Waals surface area (Å²) in [5.74, 6) is 1.76. The molecule has 0 radical (unpaired) electrons. The Morgan fingerprint density at radius 2 is 1.67 bits per heavy atom. The van der Waals surface area contributed by atoms with E-state index in [-0.39, 0.29) is 17.4 Å². The van der Waals surface area contributed by atoms with Crippen molar-refractivity contribution in [2.75, 3.05) is 7.11 Å². The lowest BCUT2D eigenvalue weighted by molar-refractivity contribution is -0.145.